The number of aliphatic carboxylic acids is 1. The topological polar surface area (TPSA) is 229 Å². The Balaban J connectivity index is 4.93. The normalized spacial score (nSPS) is 13.9. The summed E-state index contributed by atoms with van der Waals surface area (Å²) in [5.41, 5.74) is 21.2. The molecule has 0 heterocycles. The molecule has 11 N–H and O–H groups in total. The second-order valence-electron chi connectivity index (χ2n) is 6.82. The minimum absolute atomic E-state index is 0.0218. The SMILES string of the molecule is CC(C)C[C@H](NC(=O)[C@@H](N)CCCN=C(N)N)C(=O)N[C@@H](CC(N)=O)C(=O)O. The van der Waals surface area contributed by atoms with Crippen LogP contribution in [0.4, 0.5) is 0 Å². The molecule has 0 aliphatic carbocycles. The number of hydrogen-bond donors (Lipinski definition) is 7. The largest absolute Gasteiger partial charge is 0.480 e. The molecular weight excluding hydrogens is 370 g/mol. The fourth-order valence-corrected chi connectivity index (χ4v) is 2.31. The number of nitrogens with zero attached hydrogens (tertiary/aromatic N) is 1. The van der Waals surface area contributed by atoms with Crippen molar-refractivity contribution in [2.45, 2.75) is 57.7 Å². The number of hydrogen-bond acceptors (Lipinski definition) is 6. The van der Waals surface area contributed by atoms with Gasteiger partial charge in [-0.25, -0.2) is 4.79 Å². The second kappa shape index (κ2) is 12.5. The van der Waals surface area contributed by atoms with Crippen LogP contribution < -0.4 is 33.6 Å². The molecule has 0 fully saturated rings. The molecule has 0 spiro atoms. The summed E-state index contributed by atoms with van der Waals surface area (Å²) in [4.78, 5) is 50.7. The first kappa shape index (κ1) is 25.1. The van der Waals surface area contributed by atoms with Crippen LogP contribution in [-0.4, -0.2) is 59.4 Å². The number of carbonyl (C=O) groups excluding carboxylic acids is 3. The highest BCUT2D eigenvalue weighted by atomic mass is 16.4. The van der Waals surface area contributed by atoms with Crippen molar-refractivity contribution >= 4 is 29.7 Å². The van der Waals surface area contributed by atoms with Crippen molar-refractivity contribution in [3.63, 3.8) is 0 Å². The van der Waals surface area contributed by atoms with Gasteiger partial charge < -0.3 is 38.7 Å². The van der Waals surface area contributed by atoms with Crippen molar-refractivity contribution in [1.82, 2.24) is 10.6 Å². The van der Waals surface area contributed by atoms with Gasteiger partial charge in [-0.3, -0.25) is 19.4 Å². The zero-order chi connectivity index (χ0) is 21.9. The summed E-state index contributed by atoms with van der Waals surface area (Å²) in [6, 6.07) is -3.38. The highest BCUT2D eigenvalue weighted by Gasteiger charge is 2.29. The van der Waals surface area contributed by atoms with Gasteiger partial charge in [0.05, 0.1) is 12.5 Å². The number of carbonyl (C=O) groups is 4. The van der Waals surface area contributed by atoms with Crippen LogP contribution in [0.25, 0.3) is 0 Å². The highest BCUT2D eigenvalue weighted by molar-refractivity contribution is 5.93. The molecule has 12 heteroatoms. The molecule has 12 nitrogen and oxygen atoms in total. The van der Waals surface area contributed by atoms with Crippen LogP contribution >= 0.6 is 0 Å². The number of carboxylic acids is 1. The number of rotatable bonds is 13. The average Bonchev–Trinajstić information content (AvgIpc) is 2.55. The van der Waals surface area contributed by atoms with Gasteiger partial charge in [-0.15, -0.1) is 0 Å². The molecule has 160 valence electrons. The molecule has 0 radical (unpaired) electrons. The van der Waals surface area contributed by atoms with Gasteiger partial charge in [0.15, 0.2) is 5.96 Å². The van der Waals surface area contributed by atoms with Gasteiger partial charge in [0.25, 0.3) is 0 Å². The van der Waals surface area contributed by atoms with Gasteiger partial charge in [-0.1, -0.05) is 13.8 Å². The number of carboxylic acid groups (broad SMARTS) is 1. The number of guanidine groups is 1. The van der Waals surface area contributed by atoms with Crippen molar-refractivity contribution in [3.05, 3.63) is 0 Å². The lowest BCUT2D eigenvalue weighted by Gasteiger charge is -2.23. The maximum absolute atomic E-state index is 12.4. The van der Waals surface area contributed by atoms with E-state index < -0.39 is 48.2 Å². The Kier molecular flexibility index (Phi) is 11.2. The summed E-state index contributed by atoms with van der Waals surface area (Å²) in [6.07, 6.45) is 0.445. The van der Waals surface area contributed by atoms with Crippen molar-refractivity contribution < 1.29 is 24.3 Å². The molecule has 0 bridgehead atoms. The van der Waals surface area contributed by atoms with Crippen LogP contribution in [0.5, 0.6) is 0 Å². The predicted molar refractivity (Wildman–Crippen MR) is 103 cm³/mol. The molecule has 0 aromatic heterocycles. The maximum Gasteiger partial charge on any atom is 0.326 e. The molecule has 3 atom stereocenters. The van der Waals surface area contributed by atoms with Crippen LogP contribution in [0, 0.1) is 5.92 Å². The summed E-state index contributed by atoms with van der Waals surface area (Å²) >= 11 is 0. The zero-order valence-electron chi connectivity index (χ0n) is 16.2. The molecule has 3 amide bonds. The van der Waals surface area contributed by atoms with Crippen LogP contribution in [0.2, 0.25) is 0 Å². The molecule has 0 aliphatic rings. The number of nitrogens with two attached hydrogens (primary N) is 4. The molecule has 0 aromatic rings. The van der Waals surface area contributed by atoms with Gasteiger partial charge in [0.1, 0.15) is 12.1 Å². The van der Waals surface area contributed by atoms with Crippen molar-refractivity contribution in [2.75, 3.05) is 6.54 Å². The number of nitrogens with one attached hydrogen (secondary N) is 2. The second-order valence-corrected chi connectivity index (χ2v) is 6.82. The fourth-order valence-electron chi connectivity index (χ4n) is 2.31. The van der Waals surface area contributed by atoms with Gasteiger partial charge in [-0.2, -0.15) is 0 Å². The number of aliphatic imine (C=N–C) groups is 1. The van der Waals surface area contributed by atoms with E-state index in [0.717, 1.165) is 0 Å². The number of primary amides is 1. The van der Waals surface area contributed by atoms with Crippen LogP contribution in [0.1, 0.15) is 39.5 Å². The molecule has 0 unspecified atom stereocenters. The van der Waals surface area contributed by atoms with Gasteiger partial charge in [0.2, 0.25) is 17.7 Å². The summed E-state index contributed by atoms with van der Waals surface area (Å²) < 4.78 is 0. The first-order valence-corrected chi connectivity index (χ1v) is 8.86. The van der Waals surface area contributed by atoms with E-state index in [-0.39, 0.29) is 24.7 Å². The average molecular weight is 401 g/mol. The third kappa shape index (κ3) is 11.0. The van der Waals surface area contributed by atoms with E-state index in [2.05, 4.69) is 15.6 Å². The standard InChI is InChI=1S/C16H31N7O5/c1-8(2)6-10(14(26)23-11(15(27)28)7-12(18)24)22-13(25)9(17)4-3-5-21-16(19)20/h8-11H,3-7,17H2,1-2H3,(H2,18,24)(H,22,25)(H,23,26)(H,27,28)(H4,19,20,21)/t9-,10-,11-/m0/s1. The molecular formula is C16H31N7O5. The van der Waals surface area contributed by atoms with Crippen molar-refractivity contribution in [2.24, 2.45) is 33.8 Å². The van der Waals surface area contributed by atoms with E-state index >= 15 is 0 Å². The molecule has 0 saturated heterocycles. The van der Waals surface area contributed by atoms with E-state index in [4.69, 9.17) is 28.0 Å². The van der Waals surface area contributed by atoms with E-state index in [1.807, 2.05) is 13.8 Å². The molecule has 0 saturated carbocycles. The van der Waals surface area contributed by atoms with E-state index in [1.54, 1.807) is 0 Å². The van der Waals surface area contributed by atoms with Gasteiger partial charge in [-0.05, 0) is 25.2 Å². The Morgan fingerprint density at radius 2 is 1.57 bits per heavy atom. The lowest BCUT2D eigenvalue weighted by Crippen LogP contribution is -2.55. The van der Waals surface area contributed by atoms with E-state index in [0.29, 0.717) is 13.0 Å². The molecule has 28 heavy (non-hydrogen) atoms. The summed E-state index contributed by atoms with van der Waals surface area (Å²) in [7, 11) is 0. The minimum atomic E-state index is -1.48. The van der Waals surface area contributed by atoms with E-state index in [1.165, 1.54) is 0 Å². The van der Waals surface area contributed by atoms with Crippen LogP contribution in [0.3, 0.4) is 0 Å². The first-order chi connectivity index (χ1) is 12.9. The third-order valence-corrected chi connectivity index (χ3v) is 3.66. The lowest BCUT2D eigenvalue weighted by molar-refractivity contribution is -0.143. The van der Waals surface area contributed by atoms with Crippen LogP contribution in [-0.2, 0) is 19.2 Å². The quantitative estimate of drug-likeness (QED) is 0.0975. The van der Waals surface area contributed by atoms with E-state index in [9.17, 15) is 19.2 Å². The van der Waals surface area contributed by atoms with Crippen molar-refractivity contribution in [1.29, 1.82) is 0 Å². The van der Waals surface area contributed by atoms with Gasteiger partial charge >= 0.3 is 5.97 Å². The Bertz CT molecular complexity index is 590. The minimum Gasteiger partial charge on any atom is -0.480 e. The molecule has 0 rings (SSSR count). The summed E-state index contributed by atoms with van der Waals surface area (Å²) in [6.45, 7) is 3.98. The monoisotopic (exact) mass is 401 g/mol. The summed E-state index contributed by atoms with van der Waals surface area (Å²) in [5.74, 6) is -3.61. The van der Waals surface area contributed by atoms with Crippen LogP contribution in [0.15, 0.2) is 4.99 Å². The molecule has 0 aliphatic heterocycles. The Morgan fingerprint density at radius 1 is 1.00 bits per heavy atom. The first-order valence-electron chi connectivity index (χ1n) is 8.86. The maximum atomic E-state index is 12.4. The fraction of sp³-hybridized carbons (Fsp3) is 0.688. The predicted octanol–water partition coefficient (Wildman–Crippen LogP) is -2.66. The Hall–Kier alpha value is -2.89. The smallest absolute Gasteiger partial charge is 0.326 e. The lowest BCUT2D eigenvalue weighted by atomic mass is 10.0. The third-order valence-electron chi connectivity index (χ3n) is 3.66. The molecule has 0 aromatic carbocycles. The van der Waals surface area contributed by atoms with Gasteiger partial charge in [0, 0.05) is 6.54 Å². The highest BCUT2D eigenvalue weighted by Crippen LogP contribution is 2.07. The van der Waals surface area contributed by atoms with Crippen molar-refractivity contribution in [3.8, 4) is 0 Å². The Labute approximate surface area is 163 Å². The number of amides is 3. The summed E-state index contributed by atoms with van der Waals surface area (Å²) in [5, 5.41) is 13.9. The Morgan fingerprint density at radius 3 is 2.04 bits per heavy atom. The zero-order valence-corrected chi connectivity index (χ0v) is 16.2.